The highest BCUT2D eigenvalue weighted by atomic mass is 35.5. The zero-order chi connectivity index (χ0) is 19.3. The van der Waals surface area contributed by atoms with Gasteiger partial charge in [-0.3, -0.25) is 9.59 Å². The Balaban J connectivity index is 0.00000364. The third kappa shape index (κ3) is 5.90. The molecule has 0 fully saturated rings. The Labute approximate surface area is 163 Å². The van der Waals surface area contributed by atoms with Crippen LogP contribution in [0.3, 0.4) is 0 Å². The predicted molar refractivity (Wildman–Crippen MR) is 104 cm³/mol. The van der Waals surface area contributed by atoms with Gasteiger partial charge in [0.05, 0.1) is 31.7 Å². The molecule has 0 unspecified atom stereocenters. The van der Waals surface area contributed by atoms with Crippen LogP contribution in [0.1, 0.15) is 34.8 Å². The normalized spacial score (nSPS) is 10.6. The summed E-state index contributed by atoms with van der Waals surface area (Å²) >= 11 is 0. The fourth-order valence-electron chi connectivity index (χ4n) is 2.17. The van der Waals surface area contributed by atoms with Crippen LogP contribution in [0, 0.1) is 0 Å². The molecule has 1 aromatic carbocycles. The largest absolute Gasteiger partial charge is 0.493 e. The first-order valence-corrected chi connectivity index (χ1v) is 7.93. The van der Waals surface area contributed by atoms with Crippen LogP contribution in [0.25, 0.3) is 0 Å². The molecule has 1 heterocycles. The van der Waals surface area contributed by atoms with Gasteiger partial charge in [0.1, 0.15) is 0 Å². The third-order valence-corrected chi connectivity index (χ3v) is 3.47. The van der Waals surface area contributed by atoms with Crippen molar-refractivity contribution in [3.05, 3.63) is 41.9 Å². The molecular formula is C18H24ClN3O5. The molecule has 0 saturated carbocycles. The number of benzene rings is 1. The minimum atomic E-state index is -0.580. The molecule has 0 aliphatic heterocycles. The van der Waals surface area contributed by atoms with Gasteiger partial charge in [0.25, 0.3) is 11.8 Å². The highest BCUT2D eigenvalue weighted by Crippen LogP contribution is 2.33. The predicted octanol–water partition coefficient (Wildman–Crippen LogP) is 2.44. The summed E-state index contributed by atoms with van der Waals surface area (Å²) in [6.07, 6.45) is 1.39. The van der Waals surface area contributed by atoms with Crippen molar-refractivity contribution in [3.8, 4) is 11.5 Å². The molecule has 0 saturated heterocycles. The van der Waals surface area contributed by atoms with Crippen LogP contribution < -0.4 is 25.8 Å². The maximum atomic E-state index is 12.6. The molecule has 9 heteroatoms. The van der Waals surface area contributed by atoms with E-state index < -0.39 is 17.4 Å². The summed E-state index contributed by atoms with van der Waals surface area (Å²) in [7, 11) is 2.93. The number of ether oxygens (including phenoxy) is 2. The van der Waals surface area contributed by atoms with Gasteiger partial charge in [-0.05, 0) is 32.0 Å². The molecule has 0 aliphatic carbocycles. The number of anilines is 1. The number of halogens is 1. The number of carbonyl (C=O) groups excluding carboxylic acids is 2. The van der Waals surface area contributed by atoms with Crippen molar-refractivity contribution in [2.24, 2.45) is 5.73 Å². The summed E-state index contributed by atoms with van der Waals surface area (Å²) < 4.78 is 15.6. The quantitative estimate of drug-likeness (QED) is 0.660. The first-order valence-electron chi connectivity index (χ1n) is 7.93. The maximum Gasteiger partial charge on any atom is 0.291 e. The number of carbonyl (C=O) groups is 2. The first-order chi connectivity index (χ1) is 12.2. The lowest BCUT2D eigenvalue weighted by atomic mass is 10.1. The molecule has 27 heavy (non-hydrogen) atoms. The summed E-state index contributed by atoms with van der Waals surface area (Å²) in [5, 5.41) is 5.40. The lowest BCUT2D eigenvalue weighted by Crippen LogP contribution is -2.45. The van der Waals surface area contributed by atoms with Gasteiger partial charge in [-0.25, -0.2) is 0 Å². The van der Waals surface area contributed by atoms with Gasteiger partial charge >= 0.3 is 0 Å². The Morgan fingerprint density at radius 1 is 1.15 bits per heavy atom. The summed E-state index contributed by atoms with van der Waals surface area (Å²) in [5.74, 6) is -0.0394. The minimum Gasteiger partial charge on any atom is -0.493 e. The second-order valence-corrected chi connectivity index (χ2v) is 6.36. The van der Waals surface area contributed by atoms with E-state index in [9.17, 15) is 9.59 Å². The molecule has 2 aromatic rings. The highest BCUT2D eigenvalue weighted by Gasteiger charge is 2.21. The molecule has 1 aromatic heterocycles. The van der Waals surface area contributed by atoms with E-state index in [1.54, 1.807) is 19.9 Å². The van der Waals surface area contributed by atoms with Gasteiger partial charge in [-0.2, -0.15) is 0 Å². The number of amides is 2. The van der Waals surface area contributed by atoms with E-state index in [4.69, 9.17) is 19.6 Å². The standard InChI is InChI=1S/C18H23N3O5.ClH/c1-18(2,19)10-20-16(22)11-8-14(24-3)15(25-4)9-12(11)21-17(23)13-6-5-7-26-13;/h5-9H,10,19H2,1-4H3,(H,20,22)(H,21,23);1H. The van der Waals surface area contributed by atoms with Gasteiger partial charge in [0.2, 0.25) is 0 Å². The fraction of sp³-hybridized carbons (Fsp3) is 0.333. The Kier molecular flexibility index (Phi) is 7.68. The van der Waals surface area contributed by atoms with Crippen molar-refractivity contribution < 1.29 is 23.5 Å². The molecule has 0 bridgehead atoms. The van der Waals surface area contributed by atoms with Crippen LogP contribution in [-0.2, 0) is 0 Å². The lowest BCUT2D eigenvalue weighted by Gasteiger charge is -2.20. The number of rotatable bonds is 7. The van der Waals surface area contributed by atoms with E-state index in [0.29, 0.717) is 11.5 Å². The molecule has 4 N–H and O–H groups in total. The van der Waals surface area contributed by atoms with Crippen LogP contribution in [0.5, 0.6) is 11.5 Å². The Hall–Kier alpha value is -2.71. The van der Waals surface area contributed by atoms with Crippen molar-refractivity contribution in [2.75, 3.05) is 26.1 Å². The van der Waals surface area contributed by atoms with Gasteiger partial charge < -0.3 is 30.3 Å². The number of nitrogens with one attached hydrogen (secondary N) is 2. The molecule has 148 valence electrons. The van der Waals surface area contributed by atoms with Crippen LogP contribution in [0.2, 0.25) is 0 Å². The Bertz CT molecular complexity index is 785. The van der Waals surface area contributed by atoms with Crippen LogP contribution in [0.15, 0.2) is 34.9 Å². The molecule has 0 spiro atoms. The van der Waals surface area contributed by atoms with Crippen molar-refractivity contribution in [1.29, 1.82) is 0 Å². The van der Waals surface area contributed by atoms with E-state index in [1.807, 2.05) is 0 Å². The van der Waals surface area contributed by atoms with E-state index in [-0.39, 0.29) is 36.0 Å². The second kappa shape index (κ2) is 9.29. The third-order valence-electron chi connectivity index (χ3n) is 3.47. The highest BCUT2D eigenvalue weighted by molar-refractivity contribution is 6.08. The van der Waals surface area contributed by atoms with Crippen molar-refractivity contribution in [1.82, 2.24) is 5.32 Å². The number of methoxy groups -OCH3 is 2. The van der Waals surface area contributed by atoms with Crippen LogP contribution in [-0.4, -0.2) is 38.1 Å². The van der Waals surface area contributed by atoms with Crippen LogP contribution in [0.4, 0.5) is 5.69 Å². The zero-order valence-electron chi connectivity index (χ0n) is 15.6. The Morgan fingerprint density at radius 2 is 1.78 bits per heavy atom. The van der Waals surface area contributed by atoms with Crippen molar-refractivity contribution in [2.45, 2.75) is 19.4 Å². The molecule has 2 amide bonds. The van der Waals surface area contributed by atoms with E-state index >= 15 is 0 Å². The van der Waals surface area contributed by atoms with E-state index in [1.165, 1.54) is 38.7 Å². The fourth-order valence-corrected chi connectivity index (χ4v) is 2.17. The topological polar surface area (TPSA) is 116 Å². The lowest BCUT2D eigenvalue weighted by molar-refractivity contribution is 0.0946. The summed E-state index contributed by atoms with van der Waals surface area (Å²) in [4.78, 5) is 24.9. The van der Waals surface area contributed by atoms with Gasteiger partial charge in [-0.1, -0.05) is 0 Å². The van der Waals surface area contributed by atoms with Gasteiger partial charge in [0.15, 0.2) is 17.3 Å². The monoisotopic (exact) mass is 397 g/mol. The number of furan rings is 1. The molecule has 0 aliphatic rings. The molecule has 0 atom stereocenters. The average Bonchev–Trinajstić information content (AvgIpc) is 3.13. The summed E-state index contributed by atoms with van der Waals surface area (Å²) in [6, 6.07) is 6.13. The molecule has 2 rings (SSSR count). The average molecular weight is 398 g/mol. The maximum absolute atomic E-state index is 12.6. The summed E-state index contributed by atoms with van der Waals surface area (Å²) in [5.41, 5.74) is 5.80. The Morgan fingerprint density at radius 3 is 2.30 bits per heavy atom. The van der Waals surface area contributed by atoms with E-state index in [2.05, 4.69) is 10.6 Å². The number of hydrogen-bond donors (Lipinski definition) is 3. The number of hydrogen-bond acceptors (Lipinski definition) is 6. The molecule has 8 nitrogen and oxygen atoms in total. The van der Waals surface area contributed by atoms with E-state index in [0.717, 1.165) is 0 Å². The van der Waals surface area contributed by atoms with Gasteiger partial charge in [0, 0.05) is 18.2 Å². The second-order valence-electron chi connectivity index (χ2n) is 6.36. The first kappa shape index (κ1) is 22.3. The SMILES string of the molecule is COc1cc(NC(=O)c2ccco2)c(C(=O)NCC(C)(C)N)cc1OC.Cl. The van der Waals surface area contributed by atoms with Gasteiger partial charge in [-0.15, -0.1) is 12.4 Å². The zero-order valence-corrected chi connectivity index (χ0v) is 16.4. The smallest absolute Gasteiger partial charge is 0.291 e. The van der Waals surface area contributed by atoms with Crippen molar-refractivity contribution >= 4 is 29.9 Å². The molecular weight excluding hydrogens is 374 g/mol. The summed E-state index contributed by atoms with van der Waals surface area (Å²) in [6.45, 7) is 3.84. The number of nitrogens with two attached hydrogens (primary N) is 1. The molecule has 0 radical (unpaired) electrons. The minimum absolute atomic E-state index is 0. The van der Waals surface area contributed by atoms with Crippen molar-refractivity contribution in [3.63, 3.8) is 0 Å². The van der Waals surface area contributed by atoms with Crippen LogP contribution >= 0.6 is 12.4 Å².